The summed E-state index contributed by atoms with van der Waals surface area (Å²) in [5.41, 5.74) is 3.25. The van der Waals surface area contributed by atoms with E-state index in [2.05, 4.69) is 10.6 Å². The van der Waals surface area contributed by atoms with Crippen LogP contribution in [0.1, 0.15) is 31.8 Å². The molecule has 0 radical (unpaired) electrons. The summed E-state index contributed by atoms with van der Waals surface area (Å²) in [6.45, 7) is 3.40. The van der Waals surface area contributed by atoms with Crippen LogP contribution in [0.3, 0.4) is 0 Å². The number of hydrogen-bond acceptors (Lipinski definition) is 3. The molecule has 0 atom stereocenters. The van der Waals surface area contributed by atoms with Gasteiger partial charge in [-0.1, -0.05) is 29.8 Å². The largest absolute Gasteiger partial charge is 0.383 e. The third-order valence-electron chi connectivity index (χ3n) is 3.54. The molecular weight excluding hydrogens is 304 g/mol. The summed E-state index contributed by atoms with van der Waals surface area (Å²) in [4.78, 5) is 24.0. The van der Waals surface area contributed by atoms with Gasteiger partial charge in [0.05, 0.1) is 6.61 Å². The number of hydrogen-bond donors (Lipinski definition) is 2. The van der Waals surface area contributed by atoms with E-state index in [1.54, 1.807) is 31.4 Å². The van der Waals surface area contributed by atoms with E-state index in [1.807, 2.05) is 31.2 Å². The third kappa shape index (κ3) is 5.21. The van der Waals surface area contributed by atoms with Crippen LogP contribution in [-0.4, -0.2) is 32.1 Å². The molecule has 2 N–H and O–H groups in total. The van der Waals surface area contributed by atoms with E-state index < -0.39 is 0 Å². The molecule has 0 aliphatic carbocycles. The molecule has 0 aromatic heterocycles. The Morgan fingerprint density at radius 2 is 1.58 bits per heavy atom. The Hall–Kier alpha value is -2.66. The molecule has 5 nitrogen and oxygen atoms in total. The zero-order valence-corrected chi connectivity index (χ0v) is 14.0. The molecule has 0 aliphatic heterocycles. The highest BCUT2D eigenvalue weighted by atomic mass is 16.5. The maximum Gasteiger partial charge on any atom is 0.251 e. The van der Waals surface area contributed by atoms with Gasteiger partial charge in [0.15, 0.2) is 0 Å². The second-order valence-corrected chi connectivity index (χ2v) is 5.50. The molecule has 0 saturated heterocycles. The van der Waals surface area contributed by atoms with Crippen LogP contribution < -0.4 is 10.6 Å². The minimum absolute atomic E-state index is 0.164. The highest BCUT2D eigenvalue weighted by Gasteiger charge is 2.08. The minimum atomic E-state index is -0.182. The van der Waals surface area contributed by atoms with Crippen molar-refractivity contribution in [3.63, 3.8) is 0 Å². The lowest BCUT2D eigenvalue weighted by Crippen LogP contribution is -2.27. The van der Waals surface area contributed by atoms with E-state index >= 15 is 0 Å². The monoisotopic (exact) mass is 326 g/mol. The molecule has 2 aromatic rings. The topological polar surface area (TPSA) is 67.4 Å². The van der Waals surface area contributed by atoms with Crippen molar-refractivity contribution in [3.05, 3.63) is 70.8 Å². The van der Waals surface area contributed by atoms with Crippen LogP contribution in [0.5, 0.6) is 0 Å². The number of carbonyl (C=O) groups excluding carboxylic acids is 2. The summed E-state index contributed by atoms with van der Waals surface area (Å²) in [6.07, 6.45) is 0. The molecule has 2 amide bonds. The first-order valence-corrected chi connectivity index (χ1v) is 7.81. The molecule has 5 heteroatoms. The molecule has 126 valence electrons. The molecule has 0 fully saturated rings. The smallest absolute Gasteiger partial charge is 0.251 e. The Morgan fingerprint density at radius 1 is 0.958 bits per heavy atom. The molecule has 0 spiro atoms. The van der Waals surface area contributed by atoms with Crippen molar-refractivity contribution >= 4 is 11.8 Å². The minimum Gasteiger partial charge on any atom is -0.383 e. The molecule has 0 bridgehead atoms. The van der Waals surface area contributed by atoms with Crippen molar-refractivity contribution < 1.29 is 14.3 Å². The van der Waals surface area contributed by atoms with Crippen molar-refractivity contribution in [1.29, 1.82) is 0 Å². The van der Waals surface area contributed by atoms with Gasteiger partial charge in [-0.2, -0.15) is 0 Å². The number of ether oxygens (including phenoxy) is 1. The fourth-order valence-corrected chi connectivity index (χ4v) is 2.25. The van der Waals surface area contributed by atoms with Gasteiger partial charge >= 0.3 is 0 Å². The second kappa shape index (κ2) is 8.84. The normalized spacial score (nSPS) is 10.2. The van der Waals surface area contributed by atoms with Crippen LogP contribution in [0, 0.1) is 6.92 Å². The Kier molecular flexibility index (Phi) is 6.51. The molecule has 24 heavy (non-hydrogen) atoms. The Morgan fingerprint density at radius 3 is 2.17 bits per heavy atom. The van der Waals surface area contributed by atoms with Crippen LogP contribution in [-0.2, 0) is 11.3 Å². The average molecular weight is 326 g/mol. The van der Waals surface area contributed by atoms with Gasteiger partial charge in [-0.25, -0.2) is 0 Å². The van der Waals surface area contributed by atoms with Gasteiger partial charge in [-0.05, 0) is 36.8 Å². The Balaban J connectivity index is 1.90. The van der Waals surface area contributed by atoms with Crippen molar-refractivity contribution in [2.75, 3.05) is 20.3 Å². The summed E-state index contributed by atoms with van der Waals surface area (Å²) in [5, 5.41) is 5.61. The molecule has 0 unspecified atom stereocenters. The lowest BCUT2D eigenvalue weighted by molar-refractivity contribution is 0.0930. The van der Waals surface area contributed by atoms with E-state index in [-0.39, 0.29) is 11.8 Å². The second-order valence-electron chi connectivity index (χ2n) is 5.50. The number of methoxy groups -OCH3 is 1. The number of amides is 2. The quantitative estimate of drug-likeness (QED) is 0.767. The summed E-state index contributed by atoms with van der Waals surface area (Å²) in [5.74, 6) is -0.346. The van der Waals surface area contributed by atoms with Gasteiger partial charge in [0, 0.05) is 31.3 Å². The number of benzene rings is 2. The number of rotatable bonds is 7. The average Bonchev–Trinajstić information content (AvgIpc) is 2.60. The van der Waals surface area contributed by atoms with Gasteiger partial charge in [0.25, 0.3) is 11.8 Å². The summed E-state index contributed by atoms with van der Waals surface area (Å²) < 4.78 is 4.88. The molecule has 2 aromatic carbocycles. The predicted molar refractivity (Wildman–Crippen MR) is 93.0 cm³/mol. The molecule has 2 rings (SSSR count). The van der Waals surface area contributed by atoms with Crippen molar-refractivity contribution in [2.24, 2.45) is 0 Å². The van der Waals surface area contributed by atoms with Gasteiger partial charge in [0.1, 0.15) is 0 Å². The summed E-state index contributed by atoms with van der Waals surface area (Å²) in [7, 11) is 1.58. The Bertz CT molecular complexity index is 696. The number of nitrogens with one attached hydrogen (secondary N) is 2. The van der Waals surface area contributed by atoms with E-state index in [9.17, 15) is 9.59 Å². The fraction of sp³-hybridized carbons (Fsp3) is 0.263. The maximum absolute atomic E-state index is 12.2. The van der Waals surface area contributed by atoms with Crippen molar-refractivity contribution in [3.8, 4) is 0 Å². The predicted octanol–water partition coefficient (Wildman–Crippen LogP) is 2.30. The van der Waals surface area contributed by atoms with Crippen LogP contribution in [0.25, 0.3) is 0 Å². The van der Waals surface area contributed by atoms with Gasteiger partial charge in [-0.15, -0.1) is 0 Å². The van der Waals surface area contributed by atoms with Gasteiger partial charge < -0.3 is 15.4 Å². The van der Waals surface area contributed by atoms with Crippen LogP contribution in [0.15, 0.2) is 48.5 Å². The van der Waals surface area contributed by atoms with Gasteiger partial charge in [0.2, 0.25) is 0 Å². The zero-order chi connectivity index (χ0) is 17.4. The fourth-order valence-electron chi connectivity index (χ4n) is 2.25. The first-order chi connectivity index (χ1) is 11.6. The highest BCUT2D eigenvalue weighted by molar-refractivity contribution is 5.97. The van der Waals surface area contributed by atoms with Gasteiger partial charge in [-0.3, -0.25) is 9.59 Å². The van der Waals surface area contributed by atoms with Crippen LogP contribution in [0.2, 0.25) is 0 Å². The van der Waals surface area contributed by atoms with E-state index in [0.29, 0.717) is 30.8 Å². The standard InChI is InChI=1S/C19H22N2O3/c1-14-4-3-5-15(12-14)13-21-19(23)17-8-6-16(7-9-17)18(22)20-10-11-24-2/h3-9,12H,10-11,13H2,1-2H3,(H,20,22)(H,21,23). The summed E-state index contributed by atoms with van der Waals surface area (Å²) >= 11 is 0. The van der Waals surface area contributed by atoms with E-state index in [0.717, 1.165) is 11.1 Å². The number of carbonyl (C=O) groups is 2. The van der Waals surface area contributed by atoms with E-state index in [4.69, 9.17) is 4.74 Å². The summed E-state index contributed by atoms with van der Waals surface area (Å²) in [6, 6.07) is 14.6. The van der Waals surface area contributed by atoms with Crippen LogP contribution >= 0.6 is 0 Å². The van der Waals surface area contributed by atoms with Crippen molar-refractivity contribution in [1.82, 2.24) is 10.6 Å². The lowest BCUT2D eigenvalue weighted by Gasteiger charge is -2.08. The molecule has 0 aliphatic rings. The first kappa shape index (κ1) is 17.7. The zero-order valence-electron chi connectivity index (χ0n) is 14.0. The molecule has 0 saturated carbocycles. The van der Waals surface area contributed by atoms with Crippen molar-refractivity contribution in [2.45, 2.75) is 13.5 Å². The van der Waals surface area contributed by atoms with E-state index in [1.165, 1.54) is 0 Å². The maximum atomic E-state index is 12.2. The first-order valence-electron chi connectivity index (χ1n) is 7.81. The third-order valence-corrected chi connectivity index (χ3v) is 3.54. The lowest BCUT2D eigenvalue weighted by atomic mass is 10.1. The molecule has 0 heterocycles. The highest BCUT2D eigenvalue weighted by Crippen LogP contribution is 2.07. The molecular formula is C19H22N2O3. The Labute approximate surface area is 142 Å². The van der Waals surface area contributed by atoms with Crippen LogP contribution in [0.4, 0.5) is 0 Å². The number of aryl methyl sites for hydroxylation is 1. The SMILES string of the molecule is COCCNC(=O)c1ccc(C(=O)NCc2cccc(C)c2)cc1.